The molecule has 0 saturated carbocycles. The van der Waals surface area contributed by atoms with E-state index in [2.05, 4.69) is 32.7 Å². The number of nitrogens with zero attached hydrogens (tertiary/aromatic N) is 1. The molecule has 154 valence electrons. The topological polar surface area (TPSA) is 70.7 Å². The maximum Gasteiger partial charge on any atom is 0.191 e. The summed E-state index contributed by atoms with van der Waals surface area (Å²) in [5, 5.41) is 7.76. The van der Waals surface area contributed by atoms with Crippen molar-refractivity contribution in [1.29, 1.82) is 0 Å². The van der Waals surface area contributed by atoms with Crippen LogP contribution in [0.3, 0.4) is 0 Å². The summed E-state index contributed by atoms with van der Waals surface area (Å²) >= 11 is 0. The Balaban J connectivity index is 0.00000240. The zero-order valence-electron chi connectivity index (χ0n) is 16.1. The summed E-state index contributed by atoms with van der Waals surface area (Å²) in [5.41, 5.74) is 3.87. The minimum absolute atomic E-state index is 0. The van der Waals surface area contributed by atoms with Gasteiger partial charge in [0, 0.05) is 48.4 Å². The third-order valence-corrected chi connectivity index (χ3v) is 4.78. The van der Waals surface area contributed by atoms with Crippen LogP contribution in [0.1, 0.15) is 16.7 Å². The molecule has 0 fully saturated rings. The summed E-state index contributed by atoms with van der Waals surface area (Å²) in [6.07, 6.45) is 2.90. The normalized spacial score (nSPS) is 13.4. The molecule has 3 N–H and O–H groups in total. The molecule has 0 radical (unpaired) electrons. The van der Waals surface area contributed by atoms with Crippen molar-refractivity contribution in [2.24, 2.45) is 4.99 Å². The number of aromatic amines is 1. The summed E-state index contributed by atoms with van der Waals surface area (Å²) in [7, 11) is 1.71. The molecule has 2 heterocycles. The van der Waals surface area contributed by atoms with Gasteiger partial charge in [-0.05, 0) is 30.2 Å². The lowest BCUT2D eigenvalue weighted by Gasteiger charge is -2.21. The van der Waals surface area contributed by atoms with Crippen molar-refractivity contribution >= 4 is 40.8 Å². The van der Waals surface area contributed by atoms with Gasteiger partial charge in [-0.2, -0.15) is 0 Å². The number of aromatic nitrogens is 1. The van der Waals surface area contributed by atoms with Crippen LogP contribution in [-0.2, 0) is 24.3 Å². The van der Waals surface area contributed by atoms with E-state index in [0.29, 0.717) is 24.9 Å². The standard InChI is InChI=1S/C21H23FN4O2.HI/c1-23-21(24-7-6-14-10-25-19-5-3-2-4-18(14)19)26-11-15-8-17(22)9-16-12-27-13-28-20(15)16;/h2-5,8-10,25H,6-7,11-13H2,1H3,(H2,23,24,26);1H. The fourth-order valence-electron chi connectivity index (χ4n) is 3.44. The fraction of sp³-hybridized carbons (Fsp3) is 0.286. The number of hydrogen-bond acceptors (Lipinski definition) is 3. The first-order valence-electron chi connectivity index (χ1n) is 9.26. The van der Waals surface area contributed by atoms with E-state index in [1.165, 1.54) is 23.1 Å². The highest BCUT2D eigenvalue weighted by atomic mass is 127. The Hall–Kier alpha value is -2.33. The number of aliphatic imine (C=N–C) groups is 1. The van der Waals surface area contributed by atoms with Crippen LogP contribution in [0.15, 0.2) is 47.6 Å². The van der Waals surface area contributed by atoms with Crippen molar-refractivity contribution in [2.45, 2.75) is 19.6 Å². The Morgan fingerprint density at radius 1 is 1.21 bits per heavy atom. The molecule has 1 aliphatic heterocycles. The molecular weight excluding hydrogens is 486 g/mol. The van der Waals surface area contributed by atoms with Gasteiger partial charge in [0.2, 0.25) is 0 Å². The Morgan fingerprint density at radius 3 is 2.93 bits per heavy atom. The van der Waals surface area contributed by atoms with Crippen LogP contribution < -0.4 is 15.4 Å². The SMILES string of the molecule is CN=C(NCCc1c[nH]c2ccccc12)NCc1cc(F)cc2c1OCOC2.I. The first kappa shape index (κ1) is 21.4. The lowest BCUT2D eigenvalue weighted by molar-refractivity contribution is -0.0172. The molecule has 0 saturated heterocycles. The van der Waals surface area contributed by atoms with Gasteiger partial charge in [-0.25, -0.2) is 4.39 Å². The van der Waals surface area contributed by atoms with E-state index < -0.39 is 0 Å². The summed E-state index contributed by atoms with van der Waals surface area (Å²) in [4.78, 5) is 7.53. The maximum atomic E-state index is 13.9. The Labute approximate surface area is 185 Å². The molecule has 4 rings (SSSR count). The quantitative estimate of drug-likeness (QED) is 0.278. The van der Waals surface area contributed by atoms with Gasteiger partial charge in [0.1, 0.15) is 11.6 Å². The van der Waals surface area contributed by atoms with Crippen molar-refractivity contribution in [3.05, 3.63) is 65.1 Å². The summed E-state index contributed by atoms with van der Waals surface area (Å²) in [6, 6.07) is 11.2. The minimum atomic E-state index is -0.299. The Morgan fingerprint density at radius 2 is 2.07 bits per heavy atom. The van der Waals surface area contributed by atoms with Crippen LogP contribution in [0.5, 0.6) is 5.75 Å². The Kier molecular flexibility index (Phi) is 7.32. The molecule has 0 spiro atoms. The molecule has 3 aromatic rings. The van der Waals surface area contributed by atoms with E-state index in [4.69, 9.17) is 9.47 Å². The predicted molar refractivity (Wildman–Crippen MR) is 122 cm³/mol. The van der Waals surface area contributed by atoms with Gasteiger partial charge in [-0.1, -0.05) is 18.2 Å². The molecule has 0 atom stereocenters. The van der Waals surface area contributed by atoms with Crippen LogP contribution >= 0.6 is 24.0 Å². The third kappa shape index (κ3) is 4.99. The highest BCUT2D eigenvalue weighted by Crippen LogP contribution is 2.29. The van der Waals surface area contributed by atoms with Gasteiger partial charge in [-0.15, -0.1) is 24.0 Å². The van der Waals surface area contributed by atoms with Gasteiger partial charge in [0.05, 0.1) is 6.61 Å². The second kappa shape index (κ2) is 9.93. The van der Waals surface area contributed by atoms with Gasteiger partial charge in [0.15, 0.2) is 12.8 Å². The molecule has 0 bridgehead atoms. The zero-order valence-corrected chi connectivity index (χ0v) is 18.5. The third-order valence-electron chi connectivity index (χ3n) is 4.78. The van der Waals surface area contributed by atoms with E-state index >= 15 is 0 Å². The van der Waals surface area contributed by atoms with Gasteiger partial charge < -0.3 is 25.1 Å². The van der Waals surface area contributed by atoms with E-state index in [1.807, 2.05) is 18.3 Å². The summed E-state index contributed by atoms with van der Waals surface area (Å²) in [5.74, 6) is 1.05. The molecule has 0 amide bonds. The average molecular weight is 510 g/mol. The van der Waals surface area contributed by atoms with E-state index in [-0.39, 0.29) is 36.6 Å². The molecule has 1 aromatic heterocycles. The molecular formula is C21H24FIN4O2. The number of ether oxygens (including phenoxy) is 2. The summed E-state index contributed by atoms with van der Waals surface area (Å²) in [6.45, 7) is 1.68. The zero-order chi connectivity index (χ0) is 19.3. The number of nitrogens with one attached hydrogen (secondary N) is 3. The van der Waals surface area contributed by atoms with Crippen molar-refractivity contribution in [1.82, 2.24) is 15.6 Å². The predicted octanol–water partition coefficient (Wildman–Crippen LogP) is 3.70. The van der Waals surface area contributed by atoms with Crippen molar-refractivity contribution < 1.29 is 13.9 Å². The highest BCUT2D eigenvalue weighted by Gasteiger charge is 2.17. The first-order valence-corrected chi connectivity index (χ1v) is 9.26. The number of halogens is 2. The number of para-hydroxylation sites is 1. The molecule has 8 heteroatoms. The van der Waals surface area contributed by atoms with Crippen LogP contribution in [0.4, 0.5) is 4.39 Å². The number of hydrogen-bond donors (Lipinski definition) is 3. The van der Waals surface area contributed by atoms with Gasteiger partial charge in [-0.3, -0.25) is 4.99 Å². The molecule has 2 aromatic carbocycles. The fourth-order valence-corrected chi connectivity index (χ4v) is 3.44. The summed E-state index contributed by atoms with van der Waals surface area (Å²) < 4.78 is 24.6. The minimum Gasteiger partial charge on any atom is -0.467 e. The van der Waals surface area contributed by atoms with Crippen LogP contribution in [0, 0.1) is 5.82 Å². The monoisotopic (exact) mass is 510 g/mol. The van der Waals surface area contributed by atoms with Crippen LogP contribution in [0.25, 0.3) is 10.9 Å². The van der Waals surface area contributed by atoms with Gasteiger partial charge >= 0.3 is 0 Å². The lowest BCUT2D eigenvalue weighted by Crippen LogP contribution is -2.38. The molecule has 0 unspecified atom stereocenters. The van der Waals surface area contributed by atoms with E-state index in [9.17, 15) is 4.39 Å². The van der Waals surface area contributed by atoms with Crippen molar-refractivity contribution in [3.8, 4) is 5.75 Å². The average Bonchev–Trinajstić information content (AvgIpc) is 3.13. The second-order valence-corrected chi connectivity index (χ2v) is 6.63. The largest absolute Gasteiger partial charge is 0.467 e. The number of fused-ring (bicyclic) bond motifs is 2. The van der Waals surface area contributed by atoms with Gasteiger partial charge in [0.25, 0.3) is 0 Å². The Bertz CT molecular complexity index is 1010. The lowest BCUT2D eigenvalue weighted by atomic mass is 10.1. The molecule has 29 heavy (non-hydrogen) atoms. The number of benzene rings is 2. The highest BCUT2D eigenvalue weighted by molar-refractivity contribution is 14.0. The molecule has 1 aliphatic rings. The van der Waals surface area contributed by atoms with Crippen molar-refractivity contribution in [2.75, 3.05) is 20.4 Å². The van der Waals surface area contributed by atoms with E-state index in [1.54, 1.807) is 7.05 Å². The van der Waals surface area contributed by atoms with Crippen LogP contribution in [0.2, 0.25) is 0 Å². The number of guanidine groups is 1. The number of H-pyrrole nitrogens is 1. The van der Waals surface area contributed by atoms with Crippen LogP contribution in [-0.4, -0.2) is 31.3 Å². The molecule has 0 aliphatic carbocycles. The smallest absolute Gasteiger partial charge is 0.191 e. The number of rotatable bonds is 5. The molecule has 6 nitrogen and oxygen atoms in total. The van der Waals surface area contributed by atoms with Crippen molar-refractivity contribution in [3.63, 3.8) is 0 Å². The second-order valence-electron chi connectivity index (χ2n) is 6.63. The first-order chi connectivity index (χ1) is 13.7. The maximum absolute atomic E-state index is 13.9. The van der Waals surface area contributed by atoms with E-state index in [0.717, 1.165) is 29.6 Å².